The lowest BCUT2D eigenvalue weighted by Gasteiger charge is -2.17. The van der Waals surface area contributed by atoms with Crippen LogP contribution in [-0.4, -0.2) is 43.0 Å². The Labute approximate surface area is 61.5 Å². The van der Waals surface area contributed by atoms with E-state index in [9.17, 15) is 0 Å². The number of rotatable bonds is 6. The molecule has 0 aromatic carbocycles. The lowest BCUT2D eigenvalue weighted by atomic mass is 10.6. The highest BCUT2D eigenvalue weighted by Crippen LogP contribution is 1.86. The number of nitrogens with zero attached hydrogens (tertiary/aromatic N) is 1. The number of hydrogen-bond donors (Lipinski definition) is 2. The van der Waals surface area contributed by atoms with E-state index >= 15 is 0 Å². The van der Waals surface area contributed by atoms with Crippen LogP contribution in [0.4, 0.5) is 0 Å². The average Bonchev–Trinajstić information content (AvgIpc) is 1.98. The molecule has 0 aliphatic heterocycles. The van der Waals surface area contributed by atoms with Crippen molar-refractivity contribution in [3.05, 3.63) is 0 Å². The van der Waals surface area contributed by atoms with Crippen LogP contribution in [0.3, 0.4) is 0 Å². The molecule has 0 aromatic heterocycles. The summed E-state index contributed by atoms with van der Waals surface area (Å²) in [5, 5.41) is 10.2. The third-order valence-corrected chi connectivity index (χ3v) is 1.09. The highest BCUT2D eigenvalue weighted by Gasteiger charge is 1.98. The second kappa shape index (κ2) is 6.95. The van der Waals surface area contributed by atoms with Crippen molar-refractivity contribution in [2.45, 2.75) is 6.92 Å². The normalized spacial score (nSPS) is 10.8. The van der Waals surface area contributed by atoms with Gasteiger partial charge in [0.1, 0.15) is 0 Å². The summed E-state index contributed by atoms with van der Waals surface area (Å²) in [4.78, 5) is 5.13. The van der Waals surface area contributed by atoms with Crippen molar-refractivity contribution in [3.8, 4) is 0 Å². The molecule has 0 heterocycles. The molecule has 0 unspecified atom stereocenters. The van der Waals surface area contributed by atoms with E-state index in [-0.39, 0.29) is 6.61 Å². The number of hydrogen-bond acceptors (Lipinski definition) is 4. The van der Waals surface area contributed by atoms with Crippen molar-refractivity contribution >= 4 is 0 Å². The highest BCUT2D eigenvalue weighted by molar-refractivity contribution is 4.39. The van der Waals surface area contributed by atoms with Crippen LogP contribution in [-0.2, 0) is 4.84 Å². The molecule has 0 aliphatic rings. The fourth-order valence-corrected chi connectivity index (χ4v) is 0.607. The lowest BCUT2D eigenvalue weighted by molar-refractivity contribution is -0.157. The van der Waals surface area contributed by atoms with E-state index in [1.54, 1.807) is 5.06 Å². The summed E-state index contributed by atoms with van der Waals surface area (Å²) in [6.07, 6.45) is 0. The van der Waals surface area contributed by atoms with Crippen LogP contribution in [0.25, 0.3) is 0 Å². The molecule has 0 aliphatic carbocycles. The zero-order valence-corrected chi connectivity index (χ0v) is 6.42. The van der Waals surface area contributed by atoms with Crippen LogP contribution < -0.4 is 5.73 Å². The van der Waals surface area contributed by atoms with Gasteiger partial charge >= 0.3 is 0 Å². The van der Waals surface area contributed by atoms with Crippen LogP contribution in [0.15, 0.2) is 0 Å². The molecule has 0 radical (unpaired) electrons. The summed E-state index contributed by atoms with van der Waals surface area (Å²) in [6, 6.07) is 0. The summed E-state index contributed by atoms with van der Waals surface area (Å²) >= 11 is 0. The third kappa shape index (κ3) is 4.69. The standard InChI is InChI=1S/C6H16N2O2/c1-2-8(4-5-9)10-6-3-7/h9H,2-7H2,1H3. The van der Waals surface area contributed by atoms with Crippen molar-refractivity contribution < 1.29 is 9.94 Å². The Morgan fingerprint density at radius 3 is 2.70 bits per heavy atom. The molecule has 0 aromatic rings. The fraction of sp³-hybridized carbons (Fsp3) is 1.00. The van der Waals surface area contributed by atoms with Crippen molar-refractivity contribution in [3.63, 3.8) is 0 Å². The zero-order valence-electron chi connectivity index (χ0n) is 6.42. The molecule has 62 valence electrons. The first-order chi connectivity index (χ1) is 4.85. The first kappa shape index (κ1) is 9.84. The second-order valence-electron chi connectivity index (χ2n) is 1.87. The van der Waals surface area contributed by atoms with Gasteiger partial charge in [-0.15, -0.1) is 0 Å². The molecule has 0 saturated carbocycles. The lowest BCUT2D eigenvalue weighted by Crippen LogP contribution is -2.29. The molecule has 0 saturated heterocycles. The monoisotopic (exact) mass is 148 g/mol. The second-order valence-corrected chi connectivity index (χ2v) is 1.87. The quantitative estimate of drug-likeness (QED) is 0.484. The Bertz CT molecular complexity index is 70.8. The topological polar surface area (TPSA) is 58.7 Å². The minimum absolute atomic E-state index is 0.123. The van der Waals surface area contributed by atoms with Gasteiger partial charge in [-0.2, -0.15) is 5.06 Å². The molecule has 10 heavy (non-hydrogen) atoms. The van der Waals surface area contributed by atoms with Gasteiger partial charge in [0, 0.05) is 19.6 Å². The van der Waals surface area contributed by atoms with Gasteiger partial charge in [-0.25, -0.2) is 0 Å². The summed E-state index contributed by atoms with van der Waals surface area (Å²) in [6.45, 7) is 4.46. The van der Waals surface area contributed by atoms with Crippen LogP contribution in [0, 0.1) is 0 Å². The molecule has 3 N–H and O–H groups in total. The Hall–Kier alpha value is -0.160. The van der Waals surface area contributed by atoms with Crippen molar-refractivity contribution in [2.75, 3.05) is 32.8 Å². The Kier molecular flexibility index (Phi) is 6.84. The molecule has 0 fully saturated rings. The Morgan fingerprint density at radius 2 is 2.30 bits per heavy atom. The van der Waals surface area contributed by atoms with Gasteiger partial charge < -0.3 is 10.8 Å². The van der Waals surface area contributed by atoms with E-state index in [0.717, 1.165) is 6.54 Å². The maximum atomic E-state index is 8.51. The SMILES string of the molecule is CCN(CCO)OCCN. The van der Waals surface area contributed by atoms with Crippen molar-refractivity contribution in [1.29, 1.82) is 0 Å². The van der Waals surface area contributed by atoms with Gasteiger partial charge in [-0.3, -0.25) is 4.84 Å². The minimum Gasteiger partial charge on any atom is -0.395 e. The van der Waals surface area contributed by atoms with Crippen molar-refractivity contribution in [1.82, 2.24) is 5.06 Å². The number of aliphatic hydroxyl groups is 1. The van der Waals surface area contributed by atoms with E-state index in [1.807, 2.05) is 6.92 Å². The largest absolute Gasteiger partial charge is 0.395 e. The van der Waals surface area contributed by atoms with Crippen LogP contribution >= 0.6 is 0 Å². The minimum atomic E-state index is 0.123. The summed E-state index contributed by atoms with van der Waals surface area (Å²) < 4.78 is 0. The molecule has 0 amide bonds. The molecule has 0 rings (SSSR count). The van der Waals surface area contributed by atoms with Crippen molar-refractivity contribution in [2.24, 2.45) is 5.73 Å². The van der Waals surface area contributed by atoms with Gasteiger partial charge in [-0.05, 0) is 0 Å². The number of likely N-dealkylation sites (N-methyl/N-ethyl adjacent to an activating group) is 1. The molecule has 0 atom stereocenters. The molecular weight excluding hydrogens is 132 g/mol. The Balaban J connectivity index is 3.21. The molecule has 0 bridgehead atoms. The smallest absolute Gasteiger partial charge is 0.0807 e. The number of nitrogens with two attached hydrogens (primary N) is 1. The maximum absolute atomic E-state index is 8.51. The molecule has 4 heteroatoms. The van der Waals surface area contributed by atoms with Gasteiger partial charge in [0.25, 0.3) is 0 Å². The maximum Gasteiger partial charge on any atom is 0.0807 e. The van der Waals surface area contributed by atoms with Crippen LogP contribution in [0.1, 0.15) is 6.92 Å². The van der Waals surface area contributed by atoms with E-state index in [1.165, 1.54) is 0 Å². The summed E-state index contributed by atoms with van der Waals surface area (Å²) in [5.41, 5.74) is 5.21. The van der Waals surface area contributed by atoms with Gasteiger partial charge in [0.15, 0.2) is 0 Å². The zero-order chi connectivity index (χ0) is 7.82. The van der Waals surface area contributed by atoms with E-state index < -0.39 is 0 Å². The number of aliphatic hydroxyl groups excluding tert-OH is 1. The average molecular weight is 148 g/mol. The molecule has 4 nitrogen and oxygen atoms in total. The van der Waals surface area contributed by atoms with Gasteiger partial charge in [0.2, 0.25) is 0 Å². The van der Waals surface area contributed by atoms with E-state index in [0.29, 0.717) is 19.7 Å². The highest BCUT2D eigenvalue weighted by atomic mass is 16.7. The first-order valence-corrected chi connectivity index (χ1v) is 3.54. The van der Waals surface area contributed by atoms with Gasteiger partial charge in [-0.1, -0.05) is 6.92 Å². The molecular formula is C6H16N2O2. The third-order valence-electron chi connectivity index (χ3n) is 1.09. The van der Waals surface area contributed by atoms with Crippen LogP contribution in [0.2, 0.25) is 0 Å². The number of hydroxylamine groups is 2. The predicted octanol–water partition coefficient (Wildman–Crippen LogP) is -0.809. The first-order valence-electron chi connectivity index (χ1n) is 3.54. The van der Waals surface area contributed by atoms with E-state index in [4.69, 9.17) is 15.7 Å². The summed E-state index contributed by atoms with van der Waals surface area (Å²) in [5.74, 6) is 0. The predicted molar refractivity (Wildman–Crippen MR) is 39.3 cm³/mol. The fourth-order valence-electron chi connectivity index (χ4n) is 0.607. The van der Waals surface area contributed by atoms with Gasteiger partial charge in [0.05, 0.1) is 13.2 Å². The van der Waals surface area contributed by atoms with E-state index in [2.05, 4.69) is 0 Å². The summed E-state index contributed by atoms with van der Waals surface area (Å²) in [7, 11) is 0. The van der Waals surface area contributed by atoms with Crippen LogP contribution in [0.5, 0.6) is 0 Å². The Morgan fingerprint density at radius 1 is 1.60 bits per heavy atom. The molecule has 0 spiro atoms.